The van der Waals surface area contributed by atoms with Gasteiger partial charge in [0.2, 0.25) is 0 Å². The van der Waals surface area contributed by atoms with Gasteiger partial charge in [0.05, 0.1) is 22.1 Å². The zero-order valence-corrected chi connectivity index (χ0v) is 65.9. The van der Waals surface area contributed by atoms with Crippen LogP contribution in [-0.2, 0) is 0 Å². The van der Waals surface area contributed by atoms with Gasteiger partial charge in [0.25, 0.3) is 0 Å². The second-order valence-electron chi connectivity index (χ2n) is 31.6. The zero-order valence-electron chi connectivity index (χ0n) is 65.9. The van der Waals surface area contributed by atoms with E-state index in [0.717, 1.165) is 33.1 Å². The summed E-state index contributed by atoms with van der Waals surface area (Å²) < 4.78 is 11.1. The van der Waals surface area contributed by atoms with Crippen molar-refractivity contribution in [2.45, 2.75) is 6.92 Å². The average molecular weight is 1530 g/mol. The lowest BCUT2D eigenvalue weighted by molar-refractivity contribution is 0.670. The highest BCUT2D eigenvalue weighted by atomic mass is 16.3. The maximum atomic E-state index is 6.32. The number of furan rings is 1. The van der Waals surface area contributed by atoms with Crippen LogP contribution in [0.25, 0.3) is 230 Å². The number of para-hydroxylation sites is 6. The second-order valence-corrected chi connectivity index (χ2v) is 31.6. The predicted molar refractivity (Wildman–Crippen MR) is 512 cm³/mol. The molecular formula is C117H76N2O. The summed E-state index contributed by atoms with van der Waals surface area (Å²) in [6.45, 7) is 2.14. The van der Waals surface area contributed by atoms with E-state index in [-0.39, 0.29) is 0 Å². The average Bonchev–Trinajstić information content (AvgIpc) is 1.08. The summed E-state index contributed by atoms with van der Waals surface area (Å²) in [6, 6.07) is 161. The van der Waals surface area contributed by atoms with Crippen LogP contribution in [0.5, 0.6) is 0 Å². The molecule has 25 aromatic rings. The summed E-state index contributed by atoms with van der Waals surface area (Å²) in [6.07, 6.45) is 0. The maximum Gasteiger partial charge on any atom is 0.143 e. The maximum absolute atomic E-state index is 6.32. The molecule has 0 saturated carbocycles. The number of benzene rings is 22. The molecule has 0 bridgehead atoms. The van der Waals surface area contributed by atoms with Gasteiger partial charge in [-0.15, -0.1) is 0 Å². The van der Waals surface area contributed by atoms with Crippen molar-refractivity contribution < 1.29 is 4.42 Å². The Kier molecular flexibility index (Phi) is 16.8. The van der Waals surface area contributed by atoms with E-state index in [0.29, 0.717) is 0 Å². The molecule has 0 aliphatic rings. The molecule has 0 amide bonds. The van der Waals surface area contributed by atoms with Crippen LogP contribution in [0, 0.1) is 6.92 Å². The summed E-state index contributed by atoms with van der Waals surface area (Å²) in [5.74, 6) is 0. The van der Waals surface area contributed by atoms with Crippen molar-refractivity contribution in [3.05, 3.63) is 448 Å². The summed E-state index contributed by atoms with van der Waals surface area (Å²) in [5.41, 5.74) is 27.8. The van der Waals surface area contributed by atoms with Gasteiger partial charge in [-0.3, -0.25) is 0 Å². The molecule has 22 aromatic carbocycles. The third kappa shape index (κ3) is 11.6. The first-order valence-electron chi connectivity index (χ1n) is 41.4. The van der Waals surface area contributed by atoms with E-state index >= 15 is 0 Å². The highest BCUT2D eigenvalue weighted by molar-refractivity contribution is 6.29. The minimum Gasteiger partial charge on any atom is -0.455 e. The molecule has 0 N–H and O–H groups in total. The van der Waals surface area contributed by atoms with Gasteiger partial charge in [-0.2, -0.15) is 0 Å². The first-order chi connectivity index (χ1) is 59.5. The van der Waals surface area contributed by atoms with Crippen LogP contribution in [0.15, 0.2) is 447 Å². The Bertz CT molecular complexity index is 8090. The standard InChI is InChI=1S/C41H27N.C38H25N.C38H24O/c1-26-10-12-27(13-11-26)32-22-16-29-19-25-37-33(23-17-30-18-24-36(32)40(29)41(30)37)28-14-20-31(21-15-28)42-38-8-4-2-6-34(38)35-7-3-5-9-39(35)42;1-2-13-26(14-3-1)37-31-19-4-6-21-33(31)38(34-22-7-5-20-32(34)37)27-15-12-16-28(25-27)39-35-23-10-8-17-29(35)30-18-9-11-24-36(30)39;1-2-11-26(12-3-1)36-30-14-4-6-16-32(30)37(33-17-7-5-15-31(33)36)27-23-21-25(22-24-27)28-18-10-19-34-29-13-8-9-20-35(29)39-38(28)34/h2-25H,1H3;1-25H;1-24H. The van der Waals surface area contributed by atoms with E-state index in [1.807, 2.05) is 12.1 Å². The van der Waals surface area contributed by atoms with Crippen molar-refractivity contribution in [1.82, 2.24) is 9.13 Å². The molecule has 3 heteroatoms. The predicted octanol–water partition coefficient (Wildman–Crippen LogP) is 32.6. The second kappa shape index (κ2) is 28.9. The number of nitrogens with zero attached hydrogens (tertiary/aromatic N) is 2. The van der Waals surface area contributed by atoms with Gasteiger partial charge in [-0.05, 0) is 209 Å². The number of aromatic nitrogens is 2. The fourth-order valence-electron chi connectivity index (χ4n) is 19.5. The molecule has 3 aromatic heterocycles. The monoisotopic (exact) mass is 1520 g/mol. The van der Waals surface area contributed by atoms with Crippen molar-refractivity contribution in [2.75, 3.05) is 0 Å². The van der Waals surface area contributed by atoms with E-state index in [1.165, 1.54) is 203 Å². The Balaban J connectivity index is 0.000000105. The largest absolute Gasteiger partial charge is 0.455 e. The first kappa shape index (κ1) is 69.8. The van der Waals surface area contributed by atoms with E-state index in [4.69, 9.17) is 4.42 Å². The van der Waals surface area contributed by atoms with Crippen molar-refractivity contribution in [3.63, 3.8) is 0 Å². The van der Waals surface area contributed by atoms with Gasteiger partial charge in [0.15, 0.2) is 0 Å². The highest BCUT2D eigenvalue weighted by Gasteiger charge is 2.23. The number of rotatable bonds is 9. The van der Waals surface area contributed by atoms with E-state index in [9.17, 15) is 0 Å². The van der Waals surface area contributed by atoms with Gasteiger partial charge >= 0.3 is 0 Å². The van der Waals surface area contributed by atoms with Crippen molar-refractivity contribution in [2.24, 2.45) is 0 Å². The Morgan fingerprint density at radius 3 is 0.933 bits per heavy atom. The zero-order chi connectivity index (χ0) is 79.3. The SMILES string of the molecule is Cc1ccc(-c2ccc3ccc4c(-c5ccc(-n6c7ccccc7c7ccccc76)cc5)ccc5ccc2c3c54)cc1.c1ccc(-c2c3ccccc3c(-c3ccc(-c4cccc5c4oc4ccccc45)cc3)c3ccccc23)cc1.c1ccc(-c2c3ccccc3c(-c3cccc(-n4c5ccccc5c5ccccc54)c3)c3ccccc23)cc1. The summed E-state index contributed by atoms with van der Waals surface area (Å²) in [5, 5.41) is 25.5. The van der Waals surface area contributed by atoms with E-state index in [1.54, 1.807) is 0 Å². The van der Waals surface area contributed by atoms with E-state index in [2.05, 4.69) is 447 Å². The number of hydrogen-bond acceptors (Lipinski definition) is 1. The van der Waals surface area contributed by atoms with Gasteiger partial charge in [-0.1, -0.05) is 394 Å². The summed E-state index contributed by atoms with van der Waals surface area (Å²) >= 11 is 0. The number of fused-ring (bicyclic) bond motifs is 13. The smallest absolute Gasteiger partial charge is 0.143 e. The third-order valence-corrected chi connectivity index (χ3v) is 24.9. The van der Waals surface area contributed by atoms with E-state index < -0.39 is 0 Å². The van der Waals surface area contributed by atoms with Crippen molar-refractivity contribution in [1.29, 1.82) is 0 Å². The van der Waals surface area contributed by atoms with Crippen LogP contribution >= 0.6 is 0 Å². The van der Waals surface area contributed by atoms with Crippen LogP contribution in [0.2, 0.25) is 0 Å². The van der Waals surface area contributed by atoms with Crippen LogP contribution in [0.3, 0.4) is 0 Å². The lowest BCUT2D eigenvalue weighted by atomic mass is 9.86. The lowest BCUT2D eigenvalue weighted by Crippen LogP contribution is -1.95. The molecule has 120 heavy (non-hydrogen) atoms. The molecule has 0 unspecified atom stereocenters. The van der Waals surface area contributed by atoms with Crippen molar-refractivity contribution in [3.8, 4) is 89.3 Å². The number of aryl methyl sites for hydroxylation is 1. The van der Waals surface area contributed by atoms with Gasteiger partial charge < -0.3 is 13.6 Å². The fourth-order valence-corrected chi connectivity index (χ4v) is 19.5. The van der Waals surface area contributed by atoms with Crippen LogP contribution < -0.4 is 0 Å². The highest BCUT2D eigenvalue weighted by Crippen LogP contribution is 2.49. The minimum absolute atomic E-state index is 0.924. The third-order valence-electron chi connectivity index (χ3n) is 24.9. The first-order valence-corrected chi connectivity index (χ1v) is 41.4. The minimum atomic E-state index is 0.924. The Morgan fingerprint density at radius 1 is 0.183 bits per heavy atom. The Morgan fingerprint density at radius 2 is 0.492 bits per heavy atom. The van der Waals surface area contributed by atoms with Crippen LogP contribution in [-0.4, -0.2) is 9.13 Å². The normalized spacial score (nSPS) is 11.7. The molecule has 0 saturated heterocycles. The molecular weight excluding hydrogens is 1450 g/mol. The summed E-state index contributed by atoms with van der Waals surface area (Å²) in [7, 11) is 0. The summed E-state index contributed by atoms with van der Waals surface area (Å²) in [4.78, 5) is 0. The fraction of sp³-hybridized carbons (Fsp3) is 0.00855. The molecule has 25 rings (SSSR count). The van der Waals surface area contributed by atoms with Crippen LogP contribution in [0.4, 0.5) is 0 Å². The topological polar surface area (TPSA) is 23.0 Å². The molecule has 3 nitrogen and oxygen atoms in total. The molecule has 560 valence electrons. The lowest BCUT2D eigenvalue weighted by Gasteiger charge is -2.18. The van der Waals surface area contributed by atoms with Gasteiger partial charge in [0, 0.05) is 49.3 Å². The quantitative estimate of drug-likeness (QED) is 0.104. The molecule has 0 atom stereocenters. The molecule has 3 heterocycles. The molecule has 0 aliphatic carbocycles. The molecule has 0 fully saturated rings. The van der Waals surface area contributed by atoms with Crippen molar-refractivity contribution >= 4 is 141 Å². The van der Waals surface area contributed by atoms with Gasteiger partial charge in [-0.25, -0.2) is 0 Å². The Labute approximate surface area is 694 Å². The molecule has 0 aliphatic heterocycles. The van der Waals surface area contributed by atoms with Crippen LogP contribution in [0.1, 0.15) is 5.56 Å². The van der Waals surface area contributed by atoms with Gasteiger partial charge in [0.1, 0.15) is 11.2 Å². The molecule has 0 spiro atoms. The molecule has 0 radical (unpaired) electrons. The number of hydrogen-bond donors (Lipinski definition) is 0. The Hall–Kier alpha value is -15.7.